The standard InChI is InChI=1S/C24H18ClNO2/c25-22-6-2-1-4-19(22)16-28-23-7-3-5-18-11-13-20(26-24(18)23)12-8-17-9-14-21(27)15-10-17/h1-15,27H,16H2/b12-8-. The van der Waals surface area contributed by atoms with E-state index in [-0.39, 0.29) is 5.75 Å². The monoisotopic (exact) mass is 387 g/mol. The normalized spacial score (nSPS) is 11.2. The molecule has 0 saturated heterocycles. The molecule has 138 valence electrons. The van der Waals surface area contributed by atoms with Crippen LogP contribution in [0.5, 0.6) is 11.5 Å². The van der Waals surface area contributed by atoms with Gasteiger partial charge in [0.2, 0.25) is 0 Å². The van der Waals surface area contributed by atoms with Crippen molar-refractivity contribution in [2.45, 2.75) is 6.61 Å². The molecule has 0 unspecified atom stereocenters. The van der Waals surface area contributed by atoms with Crippen LogP contribution < -0.4 is 4.74 Å². The Bertz CT molecular complexity index is 1140. The lowest BCUT2D eigenvalue weighted by Crippen LogP contribution is -1.98. The van der Waals surface area contributed by atoms with Crippen molar-refractivity contribution in [2.75, 3.05) is 0 Å². The van der Waals surface area contributed by atoms with E-state index in [1.54, 1.807) is 12.1 Å². The molecule has 1 N–H and O–H groups in total. The van der Waals surface area contributed by atoms with Crippen molar-refractivity contribution in [3.8, 4) is 11.5 Å². The summed E-state index contributed by atoms with van der Waals surface area (Å²) < 4.78 is 6.02. The molecule has 0 saturated carbocycles. The van der Waals surface area contributed by atoms with Gasteiger partial charge in [-0.25, -0.2) is 4.98 Å². The number of rotatable bonds is 5. The highest BCUT2D eigenvalue weighted by molar-refractivity contribution is 6.31. The predicted octanol–water partition coefficient (Wildman–Crippen LogP) is 6.34. The van der Waals surface area contributed by atoms with E-state index in [0.29, 0.717) is 11.6 Å². The molecule has 3 aromatic carbocycles. The number of fused-ring (bicyclic) bond motifs is 1. The Morgan fingerprint density at radius 2 is 1.68 bits per heavy atom. The molecule has 0 fully saturated rings. The third kappa shape index (κ3) is 4.16. The summed E-state index contributed by atoms with van der Waals surface area (Å²) in [6.07, 6.45) is 3.90. The van der Waals surface area contributed by atoms with Gasteiger partial charge < -0.3 is 9.84 Å². The smallest absolute Gasteiger partial charge is 0.146 e. The molecule has 4 aromatic rings. The van der Waals surface area contributed by atoms with E-state index in [1.807, 2.05) is 78.9 Å². The lowest BCUT2D eigenvalue weighted by molar-refractivity contribution is 0.309. The maximum Gasteiger partial charge on any atom is 0.146 e. The topological polar surface area (TPSA) is 42.4 Å². The van der Waals surface area contributed by atoms with Crippen molar-refractivity contribution in [1.82, 2.24) is 4.98 Å². The van der Waals surface area contributed by atoms with E-state index < -0.39 is 0 Å². The van der Waals surface area contributed by atoms with Gasteiger partial charge in [-0.1, -0.05) is 66.2 Å². The summed E-state index contributed by atoms with van der Waals surface area (Å²) in [5, 5.41) is 11.1. The molecule has 0 aliphatic rings. The molecule has 4 rings (SSSR count). The van der Waals surface area contributed by atoms with Crippen molar-refractivity contribution in [2.24, 2.45) is 0 Å². The average Bonchev–Trinajstić information content (AvgIpc) is 2.73. The SMILES string of the molecule is Oc1ccc(/C=C\c2ccc3cccc(OCc4ccccc4Cl)c3n2)cc1. The van der Waals surface area contributed by atoms with Gasteiger partial charge in [-0.05, 0) is 42.0 Å². The number of pyridine rings is 1. The first kappa shape index (κ1) is 18.1. The molecular weight excluding hydrogens is 370 g/mol. The van der Waals surface area contributed by atoms with E-state index in [0.717, 1.165) is 33.5 Å². The first-order valence-corrected chi connectivity index (χ1v) is 9.30. The molecule has 0 spiro atoms. The number of para-hydroxylation sites is 1. The zero-order valence-electron chi connectivity index (χ0n) is 15.0. The molecule has 0 aliphatic heterocycles. The molecule has 4 heteroatoms. The Morgan fingerprint density at radius 1 is 0.857 bits per heavy atom. The van der Waals surface area contributed by atoms with E-state index in [1.165, 1.54) is 0 Å². The van der Waals surface area contributed by atoms with Crippen LogP contribution in [-0.2, 0) is 6.61 Å². The molecule has 0 atom stereocenters. The van der Waals surface area contributed by atoms with Gasteiger partial charge >= 0.3 is 0 Å². The van der Waals surface area contributed by atoms with E-state index in [9.17, 15) is 5.11 Å². The Labute approximate surface area is 168 Å². The Balaban J connectivity index is 1.60. The van der Waals surface area contributed by atoms with Crippen molar-refractivity contribution in [3.05, 3.63) is 101 Å². The maximum absolute atomic E-state index is 9.38. The van der Waals surface area contributed by atoms with Gasteiger partial charge in [-0.15, -0.1) is 0 Å². The van der Waals surface area contributed by atoms with E-state index in [4.69, 9.17) is 21.3 Å². The predicted molar refractivity (Wildman–Crippen MR) is 115 cm³/mol. The summed E-state index contributed by atoms with van der Waals surface area (Å²) in [5.74, 6) is 0.971. The van der Waals surface area contributed by atoms with Gasteiger partial charge in [-0.3, -0.25) is 0 Å². The maximum atomic E-state index is 9.38. The highest BCUT2D eigenvalue weighted by Gasteiger charge is 2.06. The van der Waals surface area contributed by atoms with Crippen LogP contribution >= 0.6 is 11.6 Å². The molecule has 0 bridgehead atoms. The Morgan fingerprint density at radius 3 is 2.50 bits per heavy atom. The Kier molecular flexibility index (Phi) is 5.27. The number of nitrogens with zero attached hydrogens (tertiary/aromatic N) is 1. The second-order valence-electron chi connectivity index (χ2n) is 6.37. The summed E-state index contributed by atoms with van der Waals surface area (Å²) in [7, 11) is 0. The highest BCUT2D eigenvalue weighted by atomic mass is 35.5. The van der Waals surface area contributed by atoms with Crippen LogP contribution in [-0.4, -0.2) is 10.1 Å². The number of aromatic nitrogens is 1. The minimum absolute atomic E-state index is 0.251. The van der Waals surface area contributed by atoms with Crippen LogP contribution in [0.25, 0.3) is 23.1 Å². The summed E-state index contributed by atoms with van der Waals surface area (Å²) in [6, 6.07) is 24.6. The number of halogens is 1. The Hall–Kier alpha value is -3.30. The second-order valence-corrected chi connectivity index (χ2v) is 6.78. The van der Waals surface area contributed by atoms with Crippen LogP contribution in [0, 0.1) is 0 Å². The largest absolute Gasteiger partial charge is 0.508 e. The molecule has 1 aromatic heterocycles. The number of aromatic hydroxyl groups is 1. The van der Waals surface area contributed by atoms with Crippen molar-refractivity contribution < 1.29 is 9.84 Å². The fourth-order valence-corrected chi connectivity index (χ4v) is 3.07. The zero-order chi connectivity index (χ0) is 19.3. The lowest BCUT2D eigenvalue weighted by Gasteiger charge is -2.10. The third-order valence-corrected chi connectivity index (χ3v) is 4.75. The summed E-state index contributed by atoms with van der Waals surface area (Å²) >= 11 is 6.22. The minimum atomic E-state index is 0.251. The van der Waals surface area contributed by atoms with Gasteiger partial charge in [0.25, 0.3) is 0 Å². The van der Waals surface area contributed by atoms with Crippen LogP contribution in [0.4, 0.5) is 0 Å². The number of hydrogen-bond donors (Lipinski definition) is 1. The lowest BCUT2D eigenvalue weighted by atomic mass is 10.1. The van der Waals surface area contributed by atoms with Gasteiger partial charge in [-0.2, -0.15) is 0 Å². The number of ether oxygens (including phenoxy) is 1. The summed E-state index contributed by atoms with van der Waals surface area (Å²) in [6.45, 7) is 0.383. The fourth-order valence-electron chi connectivity index (χ4n) is 2.88. The molecule has 3 nitrogen and oxygen atoms in total. The first-order chi connectivity index (χ1) is 13.7. The molecule has 28 heavy (non-hydrogen) atoms. The number of phenols is 1. The first-order valence-electron chi connectivity index (χ1n) is 8.92. The highest BCUT2D eigenvalue weighted by Crippen LogP contribution is 2.26. The van der Waals surface area contributed by atoms with Crippen molar-refractivity contribution in [3.63, 3.8) is 0 Å². The second kappa shape index (κ2) is 8.15. The molecular formula is C24H18ClNO2. The zero-order valence-corrected chi connectivity index (χ0v) is 15.8. The third-order valence-electron chi connectivity index (χ3n) is 4.39. The average molecular weight is 388 g/mol. The van der Waals surface area contributed by atoms with E-state index in [2.05, 4.69) is 0 Å². The fraction of sp³-hybridized carbons (Fsp3) is 0.0417. The van der Waals surface area contributed by atoms with Gasteiger partial charge in [0.05, 0.1) is 5.69 Å². The molecule has 0 aliphatic carbocycles. The summed E-state index contributed by atoms with van der Waals surface area (Å²) in [5.41, 5.74) is 3.56. The van der Waals surface area contributed by atoms with Gasteiger partial charge in [0.15, 0.2) is 0 Å². The van der Waals surface area contributed by atoms with Crippen molar-refractivity contribution >= 4 is 34.7 Å². The van der Waals surface area contributed by atoms with Crippen LogP contribution in [0.15, 0.2) is 78.9 Å². The van der Waals surface area contributed by atoms with Crippen molar-refractivity contribution in [1.29, 1.82) is 0 Å². The number of hydrogen-bond acceptors (Lipinski definition) is 3. The minimum Gasteiger partial charge on any atom is -0.508 e. The summed E-state index contributed by atoms with van der Waals surface area (Å²) in [4.78, 5) is 4.75. The van der Waals surface area contributed by atoms with Gasteiger partial charge in [0.1, 0.15) is 23.6 Å². The van der Waals surface area contributed by atoms with E-state index >= 15 is 0 Å². The number of phenolic OH excluding ortho intramolecular Hbond substituents is 1. The molecule has 0 radical (unpaired) electrons. The van der Waals surface area contributed by atoms with Gasteiger partial charge in [0, 0.05) is 16.0 Å². The van der Waals surface area contributed by atoms with Crippen LogP contribution in [0.1, 0.15) is 16.8 Å². The quantitative estimate of drug-likeness (QED) is 0.434. The molecule has 1 heterocycles. The van der Waals surface area contributed by atoms with Crippen LogP contribution in [0.2, 0.25) is 5.02 Å². The molecule has 0 amide bonds. The van der Waals surface area contributed by atoms with Crippen LogP contribution in [0.3, 0.4) is 0 Å². The number of benzene rings is 3.